The molecule has 1 fully saturated rings. The summed E-state index contributed by atoms with van der Waals surface area (Å²) in [7, 11) is 0. The molecule has 1 saturated carbocycles. The van der Waals surface area contributed by atoms with Gasteiger partial charge >= 0.3 is 0 Å². The summed E-state index contributed by atoms with van der Waals surface area (Å²) in [5.41, 5.74) is 0.0184. The number of phenolic OH excluding ortho intramolecular Hbond substituents is 2. The molecule has 21 heavy (non-hydrogen) atoms. The number of rotatable bonds is 7. The van der Waals surface area contributed by atoms with Crippen molar-refractivity contribution in [3.8, 4) is 17.2 Å². The number of carbonyl (C=O) groups excluding carboxylic acids is 1. The van der Waals surface area contributed by atoms with Gasteiger partial charge in [0.25, 0.3) is 0 Å². The number of Topliss-reactive ketones (excluding diaryl/α,β-unsaturated/α-hetero) is 1. The van der Waals surface area contributed by atoms with Crippen molar-refractivity contribution in [3.63, 3.8) is 0 Å². The fraction of sp³-hybridized carbons (Fsp3) is 0.588. The molecule has 2 rings (SSSR count). The Bertz CT molecular complexity index is 467. The van der Waals surface area contributed by atoms with E-state index in [9.17, 15) is 15.0 Å². The number of hydrogen-bond acceptors (Lipinski definition) is 4. The minimum atomic E-state index is -0.217. The molecule has 116 valence electrons. The lowest BCUT2D eigenvalue weighted by atomic mass is 10.0. The Morgan fingerprint density at radius 3 is 2.38 bits per heavy atom. The van der Waals surface area contributed by atoms with Crippen molar-refractivity contribution in [1.82, 2.24) is 0 Å². The molecule has 2 N–H and O–H groups in total. The van der Waals surface area contributed by atoms with Gasteiger partial charge < -0.3 is 14.9 Å². The third-order valence-corrected chi connectivity index (χ3v) is 3.96. The second kappa shape index (κ2) is 7.34. The Morgan fingerprint density at radius 1 is 1.19 bits per heavy atom. The largest absolute Gasteiger partial charge is 0.507 e. The molecule has 4 nitrogen and oxygen atoms in total. The van der Waals surface area contributed by atoms with E-state index < -0.39 is 0 Å². The molecule has 0 atom stereocenters. The van der Waals surface area contributed by atoms with Gasteiger partial charge in [-0.15, -0.1) is 0 Å². The summed E-state index contributed by atoms with van der Waals surface area (Å²) in [6, 6.07) is 2.87. The van der Waals surface area contributed by atoms with Crippen LogP contribution in [0.3, 0.4) is 0 Å². The number of benzene rings is 1. The summed E-state index contributed by atoms with van der Waals surface area (Å²) in [5.74, 6) is -0.165. The molecule has 1 aliphatic rings. The second-order valence-corrected chi connectivity index (χ2v) is 5.74. The van der Waals surface area contributed by atoms with Crippen LogP contribution < -0.4 is 4.74 Å². The van der Waals surface area contributed by atoms with Crippen LogP contribution in [0.5, 0.6) is 17.2 Å². The lowest BCUT2D eigenvalue weighted by Crippen LogP contribution is -2.11. The van der Waals surface area contributed by atoms with Crippen molar-refractivity contribution < 1.29 is 19.7 Å². The van der Waals surface area contributed by atoms with Crippen LogP contribution in [-0.4, -0.2) is 22.1 Å². The van der Waals surface area contributed by atoms with E-state index in [4.69, 9.17) is 4.74 Å². The van der Waals surface area contributed by atoms with E-state index in [1.165, 1.54) is 12.1 Å². The molecule has 1 aromatic carbocycles. The molecular formula is C17H24O4. The van der Waals surface area contributed by atoms with Crippen molar-refractivity contribution in [2.24, 2.45) is 0 Å². The summed E-state index contributed by atoms with van der Waals surface area (Å²) in [5, 5.41) is 20.0. The van der Waals surface area contributed by atoms with Gasteiger partial charge in [-0.1, -0.05) is 19.8 Å². The molecule has 0 saturated heterocycles. The van der Waals surface area contributed by atoms with Crippen LogP contribution in [0.1, 0.15) is 68.6 Å². The third kappa shape index (κ3) is 4.13. The Kier molecular flexibility index (Phi) is 5.48. The predicted molar refractivity (Wildman–Crippen MR) is 81.1 cm³/mol. The van der Waals surface area contributed by atoms with Crippen LogP contribution in [0.2, 0.25) is 0 Å². The molecule has 0 bridgehead atoms. The Morgan fingerprint density at radius 2 is 1.81 bits per heavy atom. The molecule has 4 heteroatoms. The molecule has 0 heterocycles. The normalized spacial score (nSPS) is 15.3. The van der Waals surface area contributed by atoms with Gasteiger partial charge in [0, 0.05) is 18.6 Å². The molecule has 0 radical (unpaired) electrons. The van der Waals surface area contributed by atoms with Crippen molar-refractivity contribution in [2.75, 3.05) is 0 Å². The standard InChI is InChI=1S/C17H24O4/c1-2-3-4-9-14(18)17-15(19)10-13(11-16(17)20)21-12-7-5-6-8-12/h10-12,19-20H,2-9H2,1H3. The summed E-state index contributed by atoms with van der Waals surface area (Å²) < 4.78 is 5.74. The van der Waals surface area contributed by atoms with E-state index in [-0.39, 0.29) is 28.9 Å². The molecule has 1 aliphatic carbocycles. The number of carbonyl (C=O) groups is 1. The smallest absolute Gasteiger partial charge is 0.170 e. The monoisotopic (exact) mass is 292 g/mol. The van der Waals surface area contributed by atoms with Crippen LogP contribution in [-0.2, 0) is 0 Å². The van der Waals surface area contributed by atoms with Crippen LogP contribution in [0.4, 0.5) is 0 Å². The minimum Gasteiger partial charge on any atom is -0.507 e. The molecule has 0 aromatic heterocycles. The van der Waals surface area contributed by atoms with E-state index in [2.05, 4.69) is 6.92 Å². The predicted octanol–water partition coefficient (Wildman–Crippen LogP) is 4.18. The zero-order chi connectivity index (χ0) is 15.2. The SMILES string of the molecule is CCCCCC(=O)c1c(O)cc(OC2CCCC2)cc1O. The van der Waals surface area contributed by atoms with Crippen molar-refractivity contribution in [3.05, 3.63) is 17.7 Å². The van der Waals surface area contributed by atoms with Crippen LogP contribution in [0, 0.1) is 0 Å². The van der Waals surface area contributed by atoms with Gasteiger partial charge in [-0.25, -0.2) is 0 Å². The zero-order valence-corrected chi connectivity index (χ0v) is 12.6. The van der Waals surface area contributed by atoms with E-state index in [1.54, 1.807) is 0 Å². The quantitative estimate of drug-likeness (QED) is 0.584. The molecule has 0 unspecified atom stereocenters. The molecule has 0 amide bonds. The van der Waals surface area contributed by atoms with E-state index in [1.807, 2.05) is 0 Å². The topological polar surface area (TPSA) is 66.8 Å². The first kappa shape index (κ1) is 15.7. The zero-order valence-electron chi connectivity index (χ0n) is 12.6. The van der Waals surface area contributed by atoms with Gasteiger partial charge in [0.2, 0.25) is 0 Å². The highest BCUT2D eigenvalue weighted by atomic mass is 16.5. The fourth-order valence-corrected chi connectivity index (χ4v) is 2.80. The van der Waals surface area contributed by atoms with Gasteiger partial charge in [0.1, 0.15) is 22.8 Å². The van der Waals surface area contributed by atoms with Gasteiger partial charge in [0.05, 0.1) is 6.10 Å². The number of unbranched alkanes of at least 4 members (excludes halogenated alkanes) is 2. The van der Waals surface area contributed by atoms with Crippen molar-refractivity contribution in [1.29, 1.82) is 0 Å². The second-order valence-electron chi connectivity index (χ2n) is 5.74. The molecule has 1 aromatic rings. The Labute approximate surface area is 125 Å². The first-order valence-electron chi connectivity index (χ1n) is 7.87. The highest BCUT2D eigenvalue weighted by Crippen LogP contribution is 2.35. The first-order valence-corrected chi connectivity index (χ1v) is 7.87. The highest BCUT2D eigenvalue weighted by Gasteiger charge is 2.21. The summed E-state index contributed by atoms with van der Waals surface area (Å²) >= 11 is 0. The van der Waals surface area contributed by atoms with E-state index in [0.717, 1.165) is 44.9 Å². The third-order valence-electron chi connectivity index (χ3n) is 3.96. The number of ketones is 1. The molecule has 0 aliphatic heterocycles. The minimum absolute atomic E-state index is 0.0184. The highest BCUT2D eigenvalue weighted by molar-refractivity contribution is 6.01. The van der Waals surface area contributed by atoms with Gasteiger partial charge in [-0.3, -0.25) is 4.79 Å². The first-order chi connectivity index (χ1) is 10.1. The average molecular weight is 292 g/mol. The van der Waals surface area contributed by atoms with Crippen molar-refractivity contribution in [2.45, 2.75) is 64.4 Å². The maximum absolute atomic E-state index is 12.1. The van der Waals surface area contributed by atoms with Crippen LogP contribution in [0.25, 0.3) is 0 Å². The lowest BCUT2D eigenvalue weighted by molar-refractivity contribution is 0.0974. The summed E-state index contributed by atoms with van der Waals surface area (Å²) in [6.45, 7) is 2.06. The maximum Gasteiger partial charge on any atom is 0.170 e. The number of phenols is 2. The van der Waals surface area contributed by atoms with Crippen LogP contribution in [0.15, 0.2) is 12.1 Å². The lowest BCUT2D eigenvalue weighted by Gasteiger charge is -2.15. The Balaban J connectivity index is 2.07. The molecule has 0 spiro atoms. The number of hydrogen-bond donors (Lipinski definition) is 2. The van der Waals surface area contributed by atoms with Gasteiger partial charge in [0.15, 0.2) is 5.78 Å². The summed E-state index contributed by atoms with van der Waals surface area (Å²) in [4.78, 5) is 12.1. The summed E-state index contributed by atoms with van der Waals surface area (Å²) in [6.07, 6.45) is 7.56. The fourth-order valence-electron chi connectivity index (χ4n) is 2.80. The number of ether oxygens (including phenoxy) is 1. The van der Waals surface area contributed by atoms with Crippen molar-refractivity contribution >= 4 is 5.78 Å². The maximum atomic E-state index is 12.1. The van der Waals surface area contributed by atoms with E-state index >= 15 is 0 Å². The van der Waals surface area contributed by atoms with E-state index in [0.29, 0.717) is 12.2 Å². The number of aromatic hydroxyl groups is 2. The Hall–Kier alpha value is -1.71. The average Bonchev–Trinajstić information content (AvgIpc) is 2.91. The van der Waals surface area contributed by atoms with Gasteiger partial charge in [-0.05, 0) is 32.1 Å². The van der Waals surface area contributed by atoms with Crippen LogP contribution >= 0.6 is 0 Å². The van der Waals surface area contributed by atoms with Gasteiger partial charge in [-0.2, -0.15) is 0 Å². The molecular weight excluding hydrogens is 268 g/mol.